The maximum atomic E-state index is 13.2. The highest BCUT2D eigenvalue weighted by Crippen LogP contribution is 2.26. The van der Waals surface area contributed by atoms with Crippen LogP contribution in [0.1, 0.15) is 5.69 Å². The molecule has 0 aliphatic heterocycles. The monoisotopic (exact) mass is 386 g/mol. The Morgan fingerprint density at radius 3 is 2.38 bits per heavy atom. The van der Waals surface area contributed by atoms with E-state index in [2.05, 4.69) is 0 Å². The van der Waals surface area contributed by atoms with Gasteiger partial charge in [-0.1, -0.05) is 36.4 Å². The molecule has 132 valence electrons. The number of fused-ring (bicyclic) bond motifs is 1. The van der Waals surface area contributed by atoms with E-state index >= 15 is 0 Å². The topological polar surface area (TPSA) is 97.0 Å². The van der Waals surface area contributed by atoms with Crippen molar-refractivity contribution in [1.29, 1.82) is 5.26 Å². The first-order chi connectivity index (χ1) is 12.2. The zero-order valence-electron chi connectivity index (χ0n) is 13.7. The average Bonchev–Trinajstić information content (AvgIpc) is 3.07. The lowest BCUT2D eigenvalue weighted by atomic mass is 10.1. The molecule has 3 rings (SSSR count). The Balaban J connectivity index is 2.24. The largest absolute Gasteiger partial charge is 0.268 e. The van der Waals surface area contributed by atoms with Crippen molar-refractivity contribution in [3.8, 4) is 6.07 Å². The van der Waals surface area contributed by atoms with E-state index in [0.29, 0.717) is 5.39 Å². The predicted molar refractivity (Wildman–Crippen MR) is 99.4 cm³/mol. The molecule has 1 aromatic heterocycles. The normalized spacial score (nSPS) is 12.8. The molecular weight excluding hydrogens is 372 g/mol. The molecule has 0 aliphatic rings. The standard InChI is InChI=1S/C18H14N2O4S2/c1-25(21,22)16(13-19)12-15-8-5-11-20(15)26(23,24)18-10-4-7-14-6-2-3-9-17(14)18/h2-12H,1H3/b16-12+. The van der Waals surface area contributed by atoms with Gasteiger partial charge in [0, 0.05) is 17.8 Å². The molecule has 0 bridgehead atoms. The summed E-state index contributed by atoms with van der Waals surface area (Å²) in [5, 5.41) is 10.4. The van der Waals surface area contributed by atoms with Crippen LogP contribution >= 0.6 is 0 Å². The number of aromatic nitrogens is 1. The molecule has 8 heteroatoms. The summed E-state index contributed by atoms with van der Waals surface area (Å²) in [5.41, 5.74) is 0.0832. The van der Waals surface area contributed by atoms with Crippen LogP contribution in [-0.2, 0) is 19.9 Å². The van der Waals surface area contributed by atoms with E-state index in [1.807, 2.05) is 18.2 Å². The molecular formula is C18H14N2O4S2. The summed E-state index contributed by atoms with van der Waals surface area (Å²) in [6.45, 7) is 0. The summed E-state index contributed by atoms with van der Waals surface area (Å²) in [4.78, 5) is -0.412. The fourth-order valence-corrected chi connectivity index (χ4v) is 4.64. The third-order valence-electron chi connectivity index (χ3n) is 3.82. The number of hydrogen-bond donors (Lipinski definition) is 0. The maximum absolute atomic E-state index is 13.2. The molecule has 0 unspecified atom stereocenters. The first-order valence-corrected chi connectivity index (χ1v) is 10.8. The SMILES string of the molecule is CS(=O)(=O)/C(C#N)=C/c1cccn1S(=O)(=O)c1cccc2ccccc12. The van der Waals surface area contributed by atoms with Crippen molar-refractivity contribution in [2.45, 2.75) is 4.90 Å². The molecule has 26 heavy (non-hydrogen) atoms. The molecule has 0 N–H and O–H groups in total. The lowest BCUT2D eigenvalue weighted by Crippen LogP contribution is -2.14. The van der Waals surface area contributed by atoms with Gasteiger partial charge in [0.2, 0.25) is 0 Å². The van der Waals surface area contributed by atoms with Gasteiger partial charge in [-0.25, -0.2) is 20.8 Å². The molecule has 0 amide bonds. The molecule has 3 aromatic rings. The zero-order valence-corrected chi connectivity index (χ0v) is 15.3. The second-order valence-electron chi connectivity index (χ2n) is 5.60. The highest BCUT2D eigenvalue weighted by Gasteiger charge is 2.22. The molecule has 0 aliphatic carbocycles. The zero-order chi connectivity index (χ0) is 18.9. The summed E-state index contributed by atoms with van der Waals surface area (Å²) in [6.07, 6.45) is 3.27. The summed E-state index contributed by atoms with van der Waals surface area (Å²) >= 11 is 0. The van der Waals surface area contributed by atoms with Gasteiger partial charge in [0.25, 0.3) is 10.0 Å². The molecule has 0 radical (unpaired) electrons. The molecule has 0 saturated heterocycles. The number of nitriles is 1. The Labute approximate surface area is 151 Å². The number of nitrogens with zero attached hydrogens (tertiary/aromatic N) is 2. The molecule has 2 aromatic carbocycles. The van der Waals surface area contributed by atoms with Gasteiger partial charge in [0.05, 0.1) is 10.6 Å². The van der Waals surface area contributed by atoms with E-state index in [9.17, 15) is 16.8 Å². The van der Waals surface area contributed by atoms with Crippen LogP contribution in [0.15, 0.2) is 70.6 Å². The van der Waals surface area contributed by atoms with Gasteiger partial charge in [0.15, 0.2) is 9.84 Å². The number of rotatable bonds is 4. The Morgan fingerprint density at radius 1 is 1.00 bits per heavy atom. The third kappa shape index (κ3) is 3.14. The lowest BCUT2D eigenvalue weighted by molar-refractivity contribution is 0.588. The van der Waals surface area contributed by atoms with Gasteiger partial charge in [-0.3, -0.25) is 0 Å². The van der Waals surface area contributed by atoms with Gasteiger partial charge in [-0.05, 0) is 29.7 Å². The number of allylic oxidation sites excluding steroid dienone is 1. The van der Waals surface area contributed by atoms with Crippen LogP contribution in [0.3, 0.4) is 0 Å². The maximum Gasteiger partial charge on any atom is 0.268 e. The van der Waals surface area contributed by atoms with Gasteiger partial charge in [-0.2, -0.15) is 5.26 Å². The van der Waals surface area contributed by atoms with Crippen molar-refractivity contribution in [3.05, 3.63) is 71.4 Å². The Morgan fingerprint density at radius 2 is 1.69 bits per heavy atom. The minimum atomic E-state index is -3.98. The van der Waals surface area contributed by atoms with E-state index < -0.39 is 24.8 Å². The highest BCUT2D eigenvalue weighted by atomic mass is 32.2. The number of sulfone groups is 1. The summed E-state index contributed by atoms with van der Waals surface area (Å²) < 4.78 is 50.6. The van der Waals surface area contributed by atoms with E-state index in [1.165, 1.54) is 24.4 Å². The number of hydrogen-bond acceptors (Lipinski definition) is 5. The van der Waals surface area contributed by atoms with Gasteiger partial charge >= 0.3 is 0 Å². The van der Waals surface area contributed by atoms with Gasteiger partial charge in [-0.15, -0.1) is 0 Å². The van der Waals surface area contributed by atoms with Crippen molar-refractivity contribution in [1.82, 2.24) is 3.97 Å². The number of benzene rings is 2. The molecule has 0 spiro atoms. The fraction of sp³-hybridized carbons (Fsp3) is 0.0556. The minimum absolute atomic E-state index is 0.0832. The predicted octanol–water partition coefficient (Wildman–Crippen LogP) is 2.79. The quantitative estimate of drug-likeness (QED) is 0.642. The first kappa shape index (κ1) is 17.9. The summed E-state index contributed by atoms with van der Waals surface area (Å²) in [7, 11) is -7.75. The van der Waals surface area contributed by atoms with Crippen LogP contribution in [0.2, 0.25) is 0 Å². The Bertz CT molecular complexity index is 1270. The van der Waals surface area contributed by atoms with Crippen molar-refractivity contribution in [3.63, 3.8) is 0 Å². The smallest absolute Gasteiger partial charge is 0.242 e. The third-order valence-corrected chi connectivity index (χ3v) is 6.59. The van der Waals surface area contributed by atoms with Gasteiger partial charge in [0.1, 0.15) is 11.0 Å². The van der Waals surface area contributed by atoms with Crippen LogP contribution in [0.25, 0.3) is 16.8 Å². The molecule has 6 nitrogen and oxygen atoms in total. The minimum Gasteiger partial charge on any atom is -0.242 e. The highest BCUT2D eigenvalue weighted by molar-refractivity contribution is 7.95. The van der Waals surface area contributed by atoms with E-state index in [4.69, 9.17) is 5.26 Å². The lowest BCUT2D eigenvalue weighted by Gasteiger charge is -2.11. The van der Waals surface area contributed by atoms with Crippen molar-refractivity contribution >= 4 is 36.7 Å². The van der Waals surface area contributed by atoms with E-state index in [1.54, 1.807) is 24.3 Å². The average molecular weight is 386 g/mol. The van der Waals surface area contributed by atoms with E-state index in [-0.39, 0.29) is 10.6 Å². The Kier molecular flexibility index (Phi) is 4.44. The van der Waals surface area contributed by atoms with Crippen LogP contribution in [0.4, 0.5) is 0 Å². The van der Waals surface area contributed by atoms with Crippen molar-refractivity contribution in [2.75, 3.05) is 6.26 Å². The molecule has 1 heterocycles. The fourth-order valence-electron chi connectivity index (χ4n) is 2.59. The Hall–Kier alpha value is -2.89. The van der Waals surface area contributed by atoms with Crippen molar-refractivity contribution < 1.29 is 16.8 Å². The van der Waals surface area contributed by atoms with Crippen LogP contribution < -0.4 is 0 Å². The summed E-state index contributed by atoms with van der Waals surface area (Å²) in [5.74, 6) is 0. The first-order valence-electron chi connectivity index (χ1n) is 7.48. The van der Waals surface area contributed by atoms with Crippen LogP contribution in [0, 0.1) is 11.3 Å². The molecule has 0 saturated carbocycles. The molecule has 0 atom stereocenters. The second-order valence-corrected chi connectivity index (χ2v) is 9.37. The van der Waals surface area contributed by atoms with E-state index in [0.717, 1.165) is 21.7 Å². The molecule has 0 fully saturated rings. The van der Waals surface area contributed by atoms with Crippen LogP contribution in [0.5, 0.6) is 0 Å². The summed E-state index contributed by atoms with van der Waals surface area (Å²) in [6, 6.07) is 16.5. The van der Waals surface area contributed by atoms with Gasteiger partial charge < -0.3 is 0 Å². The second kappa shape index (κ2) is 6.44. The van der Waals surface area contributed by atoms with Crippen LogP contribution in [-0.4, -0.2) is 27.1 Å². The van der Waals surface area contributed by atoms with Crippen molar-refractivity contribution in [2.24, 2.45) is 0 Å².